The van der Waals surface area contributed by atoms with Gasteiger partial charge in [0.05, 0.1) is 5.69 Å². The zero-order valence-electron chi connectivity index (χ0n) is 15.6. The Morgan fingerprint density at radius 3 is 2.42 bits per heavy atom. The molecule has 2 amide bonds. The molecule has 5 nitrogen and oxygen atoms in total. The molecule has 0 bridgehead atoms. The van der Waals surface area contributed by atoms with Crippen molar-refractivity contribution in [3.8, 4) is 0 Å². The Balaban J connectivity index is 1.56. The van der Waals surface area contributed by atoms with Gasteiger partial charge in [0.1, 0.15) is 6.04 Å². The van der Waals surface area contributed by atoms with Crippen molar-refractivity contribution in [2.45, 2.75) is 57.9 Å². The summed E-state index contributed by atoms with van der Waals surface area (Å²) < 4.78 is 0. The quantitative estimate of drug-likeness (QED) is 0.832. The molecule has 0 unspecified atom stereocenters. The van der Waals surface area contributed by atoms with Gasteiger partial charge in [0.15, 0.2) is 5.13 Å². The smallest absolute Gasteiger partial charge is 0.251 e. The first-order valence-corrected chi connectivity index (χ1v) is 9.79. The molecule has 1 fully saturated rings. The molecule has 1 heterocycles. The van der Waals surface area contributed by atoms with Crippen LogP contribution in [0.2, 0.25) is 0 Å². The lowest BCUT2D eigenvalue weighted by Gasteiger charge is -2.19. The van der Waals surface area contributed by atoms with E-state index >= 15 is 0 Å². The van der Waals surface area contributed by atoms with Gasteiger partial charge in [-0.2, -0.15) is 0 Å². The van der Waals surface area contributed by atoms with E-state index in [1.807, 2.05) is 17.5 Å². The number of aromatic nitrogens is 1. The second kappa shape index (κ2) is 7.19. The fourth-order valence-electron chi connectivity index (χ4n) is 2.59. The molecule has 0 spiro atoms. The predicted octanol–water partition coefficient (Wildman–Crippen LogP) is 4.08. The zero-order valence-corrected chi connectivity index (χ0v) is 16.4. The van der Waals surface area contributed by atoms with E-state index in [0.717, 1.165) is 11.3 Å². The molecule has 1 aromatic carbocycles. The average Bonchev–Trinajstić information content (AvgIpc) is 3.34. The van der Waals surface area contributed by atoms with Crippen molar-refractivity contribution in [3.63, 3.8) is 0 Å². The Morgan fingerprint density at radius 1 is 1.19 bits per heavy atom. The largest absolute Gasteiger partial charge is 0.341 e. The van der Waals surface area contributed by atoms with Crippen molar-refractivity contribution in [2.75, 3.05) is 5.32 Å². The van der Waals surface area contributed by atoms with Crippen molar-refractivity contribution >= 4 is 28.3 Å². The van der Waals surface area contributed by atoms with Crippen LogP contribution in [0.4, 0.5) is 5.13 Å². The van der Waals surface area contributed by atoms with Crippen LogP contribution >= 0.6 is 11.3 Å². The minimum absolute atomic E-state index is 0.0369. The molecular weight excluding hydrogens is 346 g/mol. The normalized spacial score (nSPS) is 15.4. The third-order valence-corrected chi connectivity index (χ3v) is 5.28. The molecule has 26 heavy (non-hydrogen) atoms. The van der Waals surface area contributed by atoms with Gasteiger partial charge in [0, 0.05) is 16.9 Å². The molecule has 1 aliphatic rings. The van der Waals surface area contributed by atoms with Gasteiger partial charge in [-0.1, -0.05) is 32.9 Å². The second-order valence-corrected chi connectivity index (χ2v) is 8.72. The van der Waals surface area contributed by atoms with Crippen molar-refractivity contribution in [1.29, 1.82) is 0 Å². The van der Waals surface area contributed by atoms with Gasteiger partial charge in [0.2, 0.25) is 5.91 Å². The molecule has 3 rings (SSSR count). The molecule has 0 saturated heterocycles. The third kappa shape index (κ3) is 4.49. The molecular formula is C20H25N3O2S. The lowest BCUT2D eigenvalue weighted by Crippen LogP contribution is -2.41. The van der Waals surface area contributed by atoms with Crippen molar-refractivity contribution < 1.29 is 9.59 Å². The van der Waals surface area contributed by atoms with Gasteiger partial charge in [-0.05, 0) is 42.9 Å². The maximum atomic E-state index is 12.4. The first-order valence-electron chi connectivity index (χ1n) is 8.92. The van der Waals surface area contributed by atoms with Gasteiger partial charge in [-0.3, -0.25) is 9.59 Å². The highest BCUT2D eigenvalue weighted by atomic mass is 32.1. The Bertz CT molecular complexity index is 801. The van der Waals surface area contributed by atoms with E-state index in [0.29, 0.717) is 16.6 Å². The summed E-state index contributed by atoms with van der Waals surface area (Å²) in [6, 6.07) is 6.86. The average molecular weight is 372 g/mol. The van der Waals surface area contributed by atoms with Crippen LogP contribution in [-0.2, 0) is 10.2 Å². The number of amides is 2. The number of carbonyl (C=O) groups is 2. The minimum atomic E-state index is -0.641. The summed E-state index contributed by atoms with van der Waals surface area (Å²) in [4.78, 5) is 29.1. The molecule has 138 valence electrons. The number of rotatable bonds is 5. The molecule has 1 saturated carbocycles. The summed E-state index contributed by atoms with van der Waals surface area (Å²) in [5.41, 5.74) is 2.80. The fraction of sp³-hybridized carbons (Fsp3) is 0.450. The number of carbonyl (C=O) groups excluding carboxylic acids is 2. The first-order chi connectivity index (χ1) is 12.2. The van der Waals surface area contributed by atoms with Gasteiger partial charge in [0.25, 0.3) is 5.91 Å². The van der Waals surface area contributed by atoms with Crippen molar-refractivity contribution in [3.05, 3.63) is 46.5 Å². The number of nitrogens with one attached hydrogen (secondary N) is 2. The Morgan fingerprint density at radius 2 is 1.85 bits per heavy atom. The molecule has 6 heteroatoms. The summed E-state index contributed by atoms with van der Waals surface area (Å²) in [6.45, 7) is 8.05. The van der Waals surface area contributed by atoms with Crippen LogP contribution in [0.5, 0.6) is 0 Å². The second-order valence-electron chi connectivity index (χ2n) is 7.86. The number of nitrogens with zero attached hydrogens (tertiary/aromatic N) is 1. The van der Waals surface area contributed by atoms with Gasteiger partial charge in [-0.15, -0.1) is 11.3 Å². The number of thiazole rings is 1. The van der Waals surface area contributed by atoms with Crippen LogP contribution < -0.4 is 10.6 Å². The molecule has 2 N–H and O–H groups in total. The molecule has 2 aromatic rings. The highest BCUT2D eigenvalue weighted by Gasteiger charge is 2.26. The van der Waals surface area contributed by atoms with E-state index in [9.17, 15) is 9.59 Å². The number of hydrogen-bond donors (Lipinski definition) is 2. The van der Waals surface area contributed by atoms with Gasteiger partial charge < -0.3 is 10.6 Å². The third-order valence-electron chi connectivity index (χ3n) is 4.50. The topological polar surface area (TPSA) is 71.1 Å². The van der Waals surface area contributed by atoms with Crippen molar-refractivity contribution in [1.82, 2.24) is 10.3 Å². The van der Waals surface area contributed by atoms with Crippen LogP contribution in [0.15, 0.2) is 29.6 Å². The van der Waals surface area contributed by atoms with Crippen LogP contribution in [0, 0.1) is 0 Å². The number of anilines is 1. The van der Waals surface area contributed by atoms with E-state index < -0.39 is 6.04 Å². The van der Waals surface area contributed by atoms with E-state index in [2.05, 4.69) is 36.4 Å². The zero-order chi connectivity index (χ0) is 18.9. The van der Waals surface area contributed by atoms with Gasteiger partial charge in [-0.25, -0.2) is 4.98 Å². The summed E-state index contributed by atoms with van der Waals surface area (Å²) in [5.74, 6) is 0.0392. The molecule has 0 aliphatic heterocycles. The van der Waals surface area contributed by atoms with E-state index in [1.54, 1.807) is 19.1 Å². The van der Waals surface area contributed by atoms with Crippen LogP contribution in [0.25, 0.3) is 0 Å². The van der Waals surface area contributed by atoms with Gasteiger partial charge >= 0.3 is 0 Å². The monoisotopic (exact) mass is 371 g/mol. The maximum absolute atomic E-state index is 12.4. The lowest BCUT2D eigenvalue weighted by atomic mass is 9.86. The van der Waals surface area contributed by atoms with Crippen LogP contribution in [-0.4, -0.2) is 22.8 Å². The first kappa shape index (κ1) is 18.6. The summed E-state index contributed by atoms with van der Waals surface area (Å²) in [5, 5.41) is 8.11. The standard InChI is InChI=1S/C20H25N3O2S/c1-12(17(24)23-19-22-16(11-26-19)13-5-6-13)21-18(25)14-7-9-15(10-8-14)20(2,3)4/h7-13H,5-6H2,1-4H3,(H,21,25)(H,22,23,24)/t12-/m1/s1. The molecule has 1 aliphatic carbocycles. The van der Waals surface area contributed by atoms with E-state index in [4.69, 9.17) is 0 Å². The fourth-order valence-corrected chi connectivity index (χ4v) is 3.39. The highest BCUT2D eigenvalue weighted by Crippen LogP contribution is 2.40. The van der Waals surface area contributed by atoms with E-state index in [-0.39, 0.29) is 17.2 Å². The maximum Gasteiger partial charge on any atom is 0.251 e. The Hall–Kier alpha value is -2.21. The Kier molecular flexibility index (Phi) is 5.14. The van der Waals surface area contributed by atoms with Crippen LogP contribution in [0.3, 0.4) is 0 Å². The minimum Gasteiger partial charge on any atom is -0.341 e. The molecule has 0 radical (unpaired) electrons. The summed E-state index contributed by atoms with van der Waals surface area (Å²) >= 11 is 1.43. The molecule has 1 aromatic heterocycles. The van der Waals surface area contributed by atoms with E-state index in [1.165, 1.54) is 24.2 Å². The number of benzene rings is 1. The predicted molar refractivity (Wildman–Crippen MR) is 105 cm³/mol. The van der Waals surface area contributed by atoms with Crippen molar-refractivity contribution in [2.24, 2.45) is 0 Å². The van der Waals surface area contributed by atoms with Crippen LogP contribution in [0.1, 0.15) is 68.1 Å². The summed E-state index contributed by atoms with van der Waals surface area (Å²) in [7, 11) is 0. The Labute approximate surface area is 158 Å². The number of hydrogen-bond acceptors (Lipinski definition) is 4. The summed E-state index contributed by atoms with van der Waals surface area (Å²) in [6.07, 6.45) is 2.36. The molecule has 1 atom stereocenters. The highest BCUT2D eigenvalue weighted by molar-refractivity contribution is 7.13. The lowest BCUT2D eigenvalue weighted by molar-refractivity contribution is -0.117. The SMILES string of the molecule is C[C@@H](NC(=O)c1ccc(C(C)(C)C)cc1)C(=O)Nc1nc(C2CC2)cs1.